The van der Waals surface area contributed by atoms with Gasteiger partial charge in [0.05, 0.1) is 29.3 Å². The van der Waals surface area contributed by atoms with E-state index in [1.165, 1.54) is 17.3 Å². The minimum atomic E-state index is -0.129. The Morgan fingerprint density at radius 1 is 1.23 bits per heavy atom. The van der Waals surface area contributed by atoms with Gasteiger partial charge in [0, 0.05) is 12.3 Å². The highest BCUT2D eigenvalue weighted by Gasteiger charge is 2.20. The van der Waals surface area contributed by atoms with Crippen LogP contribution < -0.4 is 10.9 Å². The molecule has 1 aromatic heterocycles. The standard InChI is InChI=1S/C23H25N3O3S/c1-2-16-9-11-17(12-10-16)24-21(27)15-30-23-25-20-8-4-3-7-19(20)22(28)26(23)14-18-6-5-13-29-18/h3-4,7-12,18H,2,5-6,13-15H2,1H3,(H,24,27)/t18-/m0/s1. The number of anilines is 1. The molecule has 3 aromatic rings. The Hall–Kier alpha value is -2.64. The van der Waals surface area contributed by atoms with Crippen LogP contribution in [0.3, 0.4) is 0 Å². The summed E-state index contributed by atoms with van der Waals surface area (Å²) in [5, 5.41) is 4.04. The predicted molar refractivity (Wildman–Crippen MR) is 120 cm³/mol. The van der Waals surface area contributed by atoms with E-state index in [9.17, 15) is 9.59 Å². The molecule has 1 amide bonds. The third-order valence-corrected chi connectivity index (χ3v) is 6.19. The summed E-state index contributed by atoms with van der Waals surface area (Å²) in [6.07, 6.45) is 2.90. The molecule has 30 heavy (non-hydrogen) atoms. The van der Waals surface area contributed by atoms with Crippen LogP contribution in [-0.2, 0) is 22.5 Å². The number of hydrogen-bond donors (Lipinski definition) is 1. The molecule has 0 unspecified atom stereocenters. The van der Waals surface area contributed by atoms with Crippen LogP contribution >= 0.6 is 11.8 Å². The third kappa shape index (κ3) is 4.74. The van der Waals surface area contributed by atoms with Crippen molar-refractivity contribution in [3.8, 4) is 0 Å². The first-order valence-electron chi connectivity index (χ1n) is 10.3. The molecule has 0 bridgehead atoms. The molecule has 1 fully saturated rings. The van der Waals surface area contributed by atoms with Gasteiger partial charge in [-0.15, -0.1) is 0 Å². The van der Waals surface area contributed by atoms with Crippen LogP contribution in [0.1, 0.15) is 25.3 Å². The molecule has 0 saturated carbocycles. The number of para-hydroxylation sites is 1. The Balaban J connectivity index is 1.52. The molecule has 0 radical (unpaired) electrons. The fourth-order valence-corrected chi connectivity index (χ4v) is 4.37. The summed E-state index contributed by atoms with van der Waals surface area (Å²) < 4.78 is 7.39. The van der Waals surface area contributed by atoms with Crippen molar-refractivity contribution in [1.29, 1.82) is 0 Å². The van der Waals surface area contributed by atoms with Crippen LogP contribution in [0.2, 0.25) is 0 Å². The zero-order chi connectivity index (χ0) is 20.9. The molecule has 6 nitrogen and oxygen atoms in total. The number of rotatable bonds is 7. The second-order valence-electron chi connectivity index (χ2n) is 7.35. The summed E-state index contributed by atoms with van der Waals surface area (Å²) in [4.78, 5) is 30.2. The molecule has 1 atom stereocenters. The SMILES string of the molecule is CCc1ccc(NC(=O)CSc2nc3ccccc3c(=O)n2C[C@@H]2CCCO2)cc1. The predicted octanol–water partition coefficient (Wildman–Crippen LogP) is 3.87. The Morgan fingerprint density at radius 3 is 2.77 bits per heavy atom. The number of thioether (sulfide) groups is 1. The van der Waals surface area contributed by atoms with Gasteiger partial charge in [-0.2, -0.15) is 0 Å². The van der Waals surface area contributed by atoms with E-state index in [4.69, 9.17) is 4.74 Å². The largest absolute Gasteiger partial charge is 0.376 e. The average molecular weight is 424 g/mol. The number of aryl methyl sites for hydroxylation is 1. The molecule has 2 heterocycles. The fourth-order valence-electron chi connectivity index (χ4n) is 3.56. The van der Waals surface area contributed by atoms with Crippen molar-refractivity contribution in [2.24, 2.45) is 0 Å². The molecule has 4 rings (SSSR count). The maximum Gasteiger partial charge on any atom is 0.262 e. The maximum atomic E-state index is 13.1. The smallest absolute Gasteiger partial charge is 0.262 e. The number of fused-ring (bicyclic) bond motifs is 1. The Kier molecular flexibility index (Phi) is 6.50. The zero-order valence-corrected chi connectivity index (χ0v) is 17.8. The van der Waals surface area contributed by atoms with E-state index >= 15 is 0 Å². The van der Waals surface area contributed by atoms with Gasteiger partial charge in [0.25, 0.3) is 5.56 Å². The number of amides is 1. The van der Waals surface area contributed by atoms with Crippen LogP contribution in [0, 0.1) is 0 Å². The molecular weight excluding hydrogens is 398 g/mol. The first kappa shape index (κ1) is 20.6. The number of carbonyl (C=O) groups is 1. The van der Waals surface area contributed by atoms with E-state index < -0.39 is 0 Å². The summed E-state index contributed by atoms with van der Waals surface area (Å²) in [7, 11) is 0. The number of ether oxygens (including phenoxy) is 1. The highest BCUT2D eigenvalue weighted by Crippen LogP contribution is 2.21. The van der Waals surface area contributed by atoms with Gasteiger partial charge in [0.15, 0.2) is 5.16 Å². The van der Waals surface area contributed by atoms with Crippen molar-refractivity contribution >= 4 is 34.3 Å². The van der Waals surface area contributed by atoms with Crippen molar-refractivity contribution in [2.45, 2.75) is 44.0 Å². The van der Waals surface area contributed by atoms with Crippen LogP contribution in [0.4, 0.5) is 5.69 Å². The lowest BCUT2D eigenvalue weighted by Gasteiger charge is -2.16. The molecule has 1 saturated heterocycles. The van der Waals surface area contributed by atoms with Crippen LogP contribution in [-0.4, -0.2) is 33.9 Å². The first-order valence-corrected chi connectivity index (χ1v) is 11.3. The Morgan fingerprint density at radius 2 is 2.03 bits per heavy atom. The summed E-state index contributed by atoms with van der Waals surface area (Å²) in [5.74, 6) is 0.0431. The lowest BCUT2D eigenvalue weighted by Crippen LogP contribution is -2.29. The van der Waals surface area contributed by atoms with Gasteiger partial charge in [-0.1, -0.05) is 43.0 Å². The van der Waals surface area contributed by atoms with Gasteiger partial charge in [-0.25, -0.2) is 4.98 Å². The van der Waals surface area contributed by atoms with Crippen LogP contribution in [0.15, 0.2) is 58.5 Å². The van der Waals surface area contributed by atoms with E-state index in [0.29, 0.717) is 22.6 Å². The topological polar surface area (TPSA) is 73.2 Å². The molecule has 7 heteroatoms. The van der Waals surface area contributed by atoms with Gasteiger partial charge < -0.3 is 10.1 Å². The van der Waals surface area contributed by atoms with E-state index in [0.717, 1.165) is 31.6 Å². The summed E-state index contributed by atoms with van der Waals surface area (Å²) >= 11 is 1.28. The second-order valence-corrected chi connectivity index (χ2v) is 8.29. The summed E-state index contributed by atoms with van der Waals surface area (Å²) in [6, 6.07) is 15.1. The molecular formula is C23H25N3O3S. The van der Waals surface area contributed by atoms with E-state index in [1.807, 2.05) is 42.5 Å². The lowest BCUT2D eigenvalue weighted by atomic mass is 10.1. The maximum absolute atomic E-state index is 13.1. The van der Waals surface area contributed by atoms with Crippen molar-refractivity contribution in [1.82, 2.24) is 9.55 Å². The molecule has 156 valence electrons. The minimum Gasteiger partial charge on any atom is -0.376 e. The van der Waals surface area contributed by atoms with Crippen molar-refractivity contribution in [3.05, 3.63) is 64.4 Å². The first-order chi connectivity index (χ1) is 14.6. The Labute approximate surface area is 179 Å². The van der Waals surface area contributed by atoms with E-state index in [1.54, 1.807) is 10.6 Å². The molecule has 0 aliphatic carbocycles. The number of aromatic nitrogens is 2. The quantitative estimate of drug-likeness (QED) is 0.461. The second kappa shape index (κ2) is 9.45. The minimum absolute atomic E-state index is 0.0101. The molecule has 0 spiro atoms. The van der Waals surface area contributed by atoms with Crippen LogP contribution in [0.25, 0.3) is 10.9 Å². The summed E-state index contributed by atoms with van der Waals surface area (Å²) in [6.45, 7) is 3.28. The lowest BCUT2D eigenvalue weighted by molar-refractivity contribution is -0.113. The molecule has 2 aromatic carbocycles. The summed E-state index contributed by atoms with van der Waals surface area (Å²) in [5.41, 5.74) is 2.54. The normalized spacial score (nSPS) is 16.1. The van der Waals surface area contributed by atoms with Crippen molar-refractivity contribution in [3.63, 3.8) is 0 Å². The number of nitrogens with one attached hydrogen (secondary N) is 1. The monoisotopic (exact) mass is 423 g/mol. The number of nitrogens with zero attached hydrogens (tertiary/aromatic N) is 2. The van der Waals surface area contributed by atoms with Gasteiger partial charge >= 0.3 is 0 Å². The Bertz CT molecular complexity index is 1090. The molecule has 1 aliphatic heterocycles. The zero-order valence-electron chi connectivity index (χ0n) is 17.0. The number of benzene rings is 2. The van der Waals surface area contributed by atoms with Crippen molar-refractivity contribution < 1.29 is 9.53 Å². The molecule has 1 aliphatic rings. The fraction of sp³-hybridized carbons (Fsp3) is 0.348. The van der Waals surface area contributed by atoms with Gasteiger partial charge in [0.2, 0.25) is 5.91 Å². The average Bonchev–Trinajstić information content (AvgIpc) is 3.28. The van der Waals surface area contributed by atoms with Gasteiger partial charge in [-0.3, -0.25) is 14.2 Å². The third-order valence-electron chi connectivity index (χ3n) is 5.22. The number of carbonyl (C=O) groups excluding carboxylic acids is 1. The molecule has 1 N–H and O–H groups in total. The highest BCUT2D eigenvalue weighted by atomic mass is 32.2. The van der Waals surface area contributed by atoms with Gasteiger partial charge in [-0.05, 0) is 49.1 Å². The van der Waals surface area contributed by atoms with E-state index in [-0.39, 0.29) is 23.3 Å². The van der Waals surface area contributed by atoms with E-state index in [2.05, 4.69) is 17.2 Å². The van der Waals surface area contributed by atoms with Gasteiger partial charge in [0.1, 0.15) is 0 Å². The van der Waals surface area contributed by atoms with Crippen LogP contribution in [0.5, 0.6) is 0 Å². The van der Waals surface area contributed by atoms with Crippen molar-refractivity contribution in [2.75, 3.05) is 17.7 Å². The number of hydrogen-bond acceptors (Lipinski definition) is 5. The highest BCUT2D eigenvalue weighted by molar-refractivity contribution is 7.99.